The summed E-state index contributed by atoms with van der Waals surface area (Å²) in [6.07, 6.45) is 4.34. The van der Waals surface area contributed by atoms with Gasteiger partial charge in [-0.05, 0) is 55.5 Å². The summed E-state index contributed by atoms with van der Waals surface area (Å²) in [4.78, 5) is 2.57. The molecular formula is C19H29NO. The van der Waals surface area contributed by atoms with Crippen LogP contribution in [0.5, 0.6) is 0 Å². The first-order chi connectivity index (χ1) is 10.1. The van der Waals surface area contributed by atoms with Crippen LogP contribution in [-0.2, 0) is 0 Å². The van der Waals surface area contributed by atoms with Gasteiger partial charge < -0.3 is 5.11 Å². The van der Waals surface area contributed by atoms with Gasteiger partial charge in [0.25, 0.3) is 0 Å². The largest absolute Gasteiger partial charge is 0.391 e. The third-order valence-electron chi connectivity index (χ3n) is 5.89. The van der Waals surface area contributed by atoms with Crippen LogP contribution in [0.3, 0.4) is 0 Å². The van der Waals surface area contributed by atoms with Gasteiger partial charge in [-0.2, -0.15) is 0 Å². The van der Waals surface area contributed by atoms with Gasteiger partial charge in [0.1, 0.15) is 0 Å². The molecule has 1 saturated heterocycles. The second kappa shape index (κ2) is 6.50. The third kappa shape index (κ3) is 3.32. The van der Waals surface area contributed by atoms with E-state index in [0.717, 1.165) is 44.2 Å². The molecule has 1 saturated carbocycles. The molecule has 2 aliphatic rings. The highest BCUT2D eigenvalue weighted by Crippen LogP contribution is 2.37. The number of aliphatic hydroxyl groups excluding tert-OH is 1. The maximum absolute atomic E-state index is 10.5. The first kappa shape index (κ1) is 15.1. The maximum atomic E-state index is 10.5. The number of likely N-dealkylation sites (tertiary alicyclic amines) is 1. The Morgan fingerprint density at radius 3 is 2.48 bits per heavy atom. The van der Waals surface area contributed by atoms with Gasteiger partial charge in [0, 0.05) is 12.6 Å². The van der Waals surface area contributed by atoms with Crippen LogP contribution in [0.1, 0.15) is 51.0 Å². The first-order valence-corrected chi connectivity index (χ1v) is 8.62. The predicted octanol–water partition coefficient (Wildman–Crippen LogP) is 3.66. The van der Waals surface area contributed by atoms with Crippen LogP contribution in [0, 0.1) is 11.8 Å². The fourth-order valence-corrected chi connectivity index (χ4v) is 4.15. The summed E-state index contributed by atoms with van der Waals surface area (Å²) in [5.41, 5.74) is 1.45. The van der Waals surface area contributed by atoms with Gasteiger partial charge in [-0.1, -0.05) is 44.2 Å². The SMILES string of the molecule is CC1CCN(C2CC(c3ccccc3)CCC2O)CC1C. The highest BCUT2D eigenvalue weighted by Gasteiger charge is 2.36. The highest BCUT2D eigenvalue weighted by molar-refractivity contribution is 5.20. The molecule has 1 aliphatic heterocycles. The number of aliphatic hydroxyl groups is 1. The number of benzene rings is 1. The minimum atomic E-state index is -0.134. The lowest BCUT2D eigenvalue weighted by molar-refractivity contribution is -0.0126. The Morgan fingerprint density at radius 2 is 1.76 bits per heavy atom. The lowest BCUT2D eigenvalue weighted by Gasteiger charge is -2.45. The number of hydrogen-bond donors (Lipinski definition) is 1. The van der Waals surface area contributed by atoms with Crippen LogP contribution in [0.15, 0.2) is 30.3 Å². The molecule has 21 heavy (non-hydrogen) atoms. The average Bonchev–Trinajstić information content (AvgIpc) is 2.51. The molecule has 0 bridgehead atoms. The first-order valence-electron chi connectivity index (χ1n) is 8.62. The van der Waals surface area contributed by atoms with Crippen molar-refractivity contribution in [3.63, 3.8) is 0 Å². The topological polar surface area (TPSA) is 23.5 Å². The van der Waals surface area contributed by atoms with E-state index >= 15 is 0 Å². The Morgan fingerprint density at radius 1 is 1.00 bits per heavy atom. The highest BCUT2D eigenvalue weighted by atomic mass is 16.3. The quantitative estimate of drug-likeness (QED) is 0.897. The van der Waals surface area contributed by atoms with E-state index < -0.39 is 0 Å². The van der Waals surface area contributed by atoms with Crippen LogP contribution >= 0.6 is 0 Å². The van der Waals surface area contributed by atoms with Crippen molar-refractivity contribution in [2.24, 2.45) is 11.8 Å². The molecule has 0 aromatic heterocycles. The van der Waals surface area contributed by atoms with E-state index in [2.05, 4.69) is 49.1 Å². The molecule has 1 aliphatic carbocycles. The lowest BCUT2D eigenvalue weighted by atomic mass is 9.78. The summed E-state index contributed by atoms with van der Waals surface area (Å²) in [6, 6.07) is 11.2. The van der Waals surface area contributed by atoms with Gasteiger partial charge in [-0.15, -0.1) is 0 Å². The van der Waals surface area contributed by atoms with Crippen molar-refractivity contribution in [2.45, 2.75) is 57.6 Å². The fraction of sp³-hybridized carbons (Fsp3) is 0.684. The second-order valence-electron chi connectivity index (χ2n) is 7.29. The molecular weight excluding hydrogens is 258 g/mol. The second-order valence-corrected chi connectivity index (χ2v) is 7.29. The van der Waals surface area contributed by atoms with E-state index in [1.165, 1.54) is 12.0 Å². The van der Waals surface area contributed by atoms with Crippen molar-refractivity contribution in [3.05, 3.63) is 35.9 Å². The Balaban J connectivity index is 1.69. The third-order valence-corrected chi connectivity index (χ3v) is 5.89. The van der Waals surface area contributed by atoms with Crippen LogP contribution in [0.4, 0.5) is 0 Å². The van der Waals surface area contributed by atoms with Crippen LogP contribution in [-0.4, -0.2) is 35.2 Å². The number of hydrogen-bond acceptors (Lipinski definition) is 2. The predicted molar refractivity (Wildman–Crippen MR) is 87.3 cm³/mol. The number of piperidine rings is 1. The molecule has 116 valence electrons. The lowest BCUT2D eigenvalue weighted by Crippen LogP contribution is -2.51. The molecule has 1 aromatic rings. The van der Waals surface area contributed by atoms with Gasteiger partial charge >= 0.3 is 0 Å². The molecule has 3 rings (SSSR count). The van der Waals surface area contributed by atoms with Crippen molar-refractivity contribution < 1.29 is 5.11 Å². The van der Waals surface area contributed by atoms with Crippen molar-refractivity contribution in [1.29, 1.82) is 0 Å². The van der Waals surface area contributed by atoms with E-state index in [1.807, 2.05) is 0 Å². The normalized spacial score (nSPS) is 38.3. The Bertz CT molecular complexity index is 446. The van der Waals surface area contributed by atoms with Crippen molar-refractivity contribution >= 4 is 0 Å². The van der Waals surface area contributed by atoms with Crippen LogP contribution in [0.2, 0.25) is 0 Å². The molecule has 0 spiro atoms. The van der Waals surface area contributed by atoms with E-state index in [0.29, 0.717) is 12.0 Å². The zero-order chi connectivity index (χ0) is 14.8. The van der Waals surface area contributed by atoms with E-state index in [-0.39, 0.29) is 6.10 Å². The smallest absolute Gasteiger partial charge is 0.0695 e. The van der Waals surface area contributed by atoms with Crippen molar-refractivity contribution in [2.75, 3.05) is 13.1 Å². The summed E-state index contributed by atoms with van der Waals surface area (Å²) in [7, 11) is 0. The molecule has 0 radical (unpaired) electrons. The summed E-state index contributed by atoms with van der Waals surface area (Å²) in [5, 5.41) is 10.5. The standard InChI is InChI=1S/C19H29NO/c1-14-10-11-20(13-15(14)2)18-12-17(8-9-19(18)21)16-6-4-3-5-7-16/h3-7,14-15,17-19,21H,8-13H2,1-2H3. The molecule has 5 atom stereocenters. The van der Waals surface area contributed by atoms with Crippen molar-refractivity contribution in [1.82, 2.24) is 4.90 Å². The monoisotopic (exact) mass is 287 g/mol. The van der Waals surface area contributed by atoms with Crippen LogP contribution in [0.25, 0.3) is 0 Å². The molecule has 2 heteroatoms. The zero-order valence-corrected chi connectivity index (χ0v) is 13.4. The summed E-state index contributed by atoms with van der Waals surface area (Å²) < 4.78 is 0. The maximum Gasteiger partial charge on any atom is 0.0695 e. The molecule has 2 nitrogen and oxygen atoms in total. The molecule has 2 fully saturated rings. The molecule has 1 aromatic carbocycles. The Labute approximate surface area is 129 Å². The number of nitrogens with zero attached hydrogens (tertiary/aromatic N) is 1. The van der Waals surface area contributed by atoms with Gasteiger partial charge in [0.15, 0.2) is 0 Å². The van der Waals surface area contributed by atoms with Gasteiger partial charge in [-0.25, -0.2) is 0 Å². The van der Waals surface area contributed by atoms with Crippen molar-refractivity contribution in [3.8, 4) is 0 Å². The summed E-state index contributed by atoms with van der Waals surface area (Å²) in [6.45, 7) is 7.05. The minimum Gasteiger partial charge on any atom is -0.391 e. The van der Waals surface area contributed by atoms with Gasteiger partial charge in [0.05, 0.1) is 6.10 Å². The van der Waals surface area contributed by atoms with Crippen LogP contribution < -0.4 is 0 Å². The van der Waals surface area contributed by atoms with E-state index in [9.17, 15) is 5.11 Å². The molecule has 1 heterocycles. The fourth-order valence-electron chi connectivity index (χ4n) is 4.15. The van der Waals surface area contributed by atoms with Gasteiger partial charge in [-0.3, -0.25) is 4.90 Å². The number of rotatable bonds is 2. The molecule has 5 unspecified atom stereocenters. The Hall–Kier alpha value is -0.860. The summed E-state index contributed by atoms with van der Waals surface area (Å²) >= 11 is 0. The van der Waals surface area contributed by atoms with E-state index in [1.54, 1.807) is 0 Å². The Kier molecular flexibility index (Phi) is 4.66. The summed E-state index contributed by atoms with van der Waals surface area (Å²) in [5.74, 6) is 2.20. The molecule has 0 amide bonds. The molecule has 1 N–H and O–H groups in total. The minimum absolute atomic E-state index is 0.134. The zero-order valence-electron chi connectivity index (χ0n) is 13.4. The average molecular weight is 287 g/mol. The van der Waals surface area contributed by atoms with Gasteiger partial charge in [0.2, 0.25) is 0 Å². The van der Waals surface area contributed by atoms with E-state index in [4.69, 9.17) is 0 Å².